The Hall–Kier alpha value is -3.72. The highest BCUT2D eigenvalue weighted by molar-refractivity contribution is 5.89. The van der Waals surface area contributed by atoms with Crippen LogP contribution in [0.15, 0.2) is 49.1 Å². The van der Waals surface area contributed by atoms with Gasteiger partial charge in [-0.3, -0.25) is 0 Å². The molecule has 1 saturated heterocycles. The number of aromatic nitrogens is 5. The molecule has 4 aromatic rings. The van der Waals surface area contributed by atoms with Crippen molar-refractivity contribution in [2.45, 2.75) is 44.9 Å². The molecule has 2 unspecified atom stereocenters. The maximum Gasteiger partial charge on any atom is 0.339 e. The van der Waals surface area contributed by atoms with E-state index in [1.807, 2.05) is 29.2 Å². The summed E-state index contributed by atoms with van der Waals surface area (Å²) in [5.74, 6) is 0.370. The van der Waals surface area contributed by atoms with Gasteiger partial charge in [0.25, 0.3) is 0 Å². The number of nitrogens with zero attached hydrogens (tertiary/aromatic N) is 6. The summed E-state index contributed by atoms with van der Waals surface area (Å²) in [6.07, 6.45) is 9.58. The largest absolute Gasteiger partial charge is 0.465 e. The molecule has 4 aromatic heterocycles. The molecule has 2 aliphatic heterocycles. The van der Waals surface area contributed by atoms with E-state index in [0.717, 1.165) is 67.1 Å². The summed E-state index contributed by atoms with van der Waals surface area (Å²) in [5, 5.41) is 4.95. The third-order valence-corrected chi connectivity index (χ3v) is 7.03. The van der Waals surface area contributed by atoms with Crippen molar-refractivity contribution in [1.82, 2.24) is 24.1 Å². The zero-order valence-electron chi connectivity index (χ0n) is 19.9. The lowest BCUT2D eigenvalue weighted by Gasteiger charge is -2.36. The third-order valence-electron chi connectivity index (χ3n) is 7.03. The maximum atomic E-state index is 11.9. The quantitative estimate of drug-likeness (QED) is 0.417. The van der Waals surface area contributed by atoms with E-state index >= 15 is 0 Å². The first-order valence-corrected chi connectivity index (χ1v) is 12.1. The van der Waals surface area contributed by atoms with Crippen molar-refractivity contribution in [2.75, 3.05) is 25.2 Å². The van der Waals surface area contributed by atoms with Gasteiger partial charge in [0.1, 0.15) is 18.1 Å². The smallest absolute Gasteiger partial charge is 0.339 e. The normalized spacial score (nSPS) is 20.1. The zero-order chi connectivity index (χ0) is 23.9. The number of anilines is 1. The van der Waals surface area contributed by atoms with Gasteiger partial charge >= 0.3 is 5.97 Å². The van der Waals surface area contributed by atoms with E-state index in [2.05, 4.69) is 33.5 Å². The molecule has 6 heterocycles. The molecule has 2 aliphatic rings. The van der Waals surface area contributed by atoms with Crippen molar-refractivity contribution in [3.63, 3.8) is 0 Å². The lowest BCUT2D eigenvalue weighted by molar-refractivity contribution is -0.0336. The Morgan fingerprint density at radius 1 is 1.20 bits per heavy atom. The highest BCUT2D eigenvalue weighted by atomic mass is 16.5. The van der Waals surface area contributed by atoms with E-state index in [0.29, 0.717) is 5.56 Å². The topological polar surface area (TPSA) is 86.8 Å². The van der Waals surface area contributed by atoms with Crippen LogP contribution in [0.3, 0.4) is 0 Å². The molecule has 35 heavy (non-hydrogen) atoms. The zero-order valence-corrected chi connectivity index (χ0v) is 19.9. The molecule has 1 fully saturated rings. The number of carbonyl (C=O) groups is 1. The molecule has 180 valence electrons. The fourth-order valence-corrected chi connectivity index (χ4v) is 5.23. The second kappa shape index (κ2) is 8.81. The van der Waals surface area contributed by atoms with Gasteiger partial charge < -0.3 is 18.9 Å². The standard InChI is InChI=1S/C26H28N6O3/c1-17-6-5-11-32-21(17)14-19(29-32)25-24-20(31(16-28-24)23-7-3-4-13-35-23)10-12-30(25)22-9-8-18(15-27-22)26(33)34-2/h5-6,8-9,11,14-16,23,25H,3-4,7,10,12-13H2,1-2H3. The molecule has 0 spiro atoms. The average molecular weight is 473 g/mol. The van der Waals surface area contributed by atoms with E-state index in [1.165, 1.54) is 12.8 Å². The van der Waals surface area contributed by atoms with Gasteiger partial charge in [-0.1, -0.05) is 6.07 Å². The summed E-state index contributed by atoms with van der Waals surface area (Å²) in [6, 6.07) is 9.65. The molecule has 0 radical (unpaired) electrons. The van der Waals surface area contributed by atoms with Gasteiger partial charge in [0.05, 0.1) is 35.9 Å². The lowest BCUT2D eigenvalue weighted by atomic mass is 9.98. The Bertz CT molecular complexity index is 1370. The first-order valence-electron chi connectivity index (χ1n) is 12.1. The highest BCUT2D eigenvalue weighted by Gasteiger charge is 2.36. The predicted molar refractivity (Wildman–Crippen MR) is 129 cm³/mol. The van der Waals surface area contributed by atoms with E-state index in [-0.39, 0.29) is 12.3 Å². The molecular weight excluding hydrogens is 444 g/mol. The van der Waals surface area contributed by atoms with Crippen LogP contribution in [0, 0.1) is 6.92 Å². The molecule has 0 amide bonds. The first-order chi connectivity index (χ1) is 17.1. The van der Waals surface area contributed by atoms with Crippen molar-refractivity contribution in [3.8, 4) is 0 Å². The second-order valence-corrected chi connectivity index (χ2v) is 9.14. The van der Waals surface area contributed by atoms with Gasteiger partial charge in [0, 0.05) is 37.7 Å². The Kier molecular flexibility index (Phi) is 5.49. The van der Waals surface area contributed by atoms with Crippen molar-refractivity contribution in [2.24, 2.45) is 0 Å². The van der Waals surface area contributed by atoms with Crippen LogP contribution in [0.4, 0.5) is 5.82 Å². The monoisotopic (exact) mass is 472 g/mol. The van der Waals surface area contributed by atoms with Gasteiger partial charge in [-0.15, -0.1) is 0 Å². The number of methoxy groups -OCH3 is 1. The number of pyridine rings is 2. The van der Waals surface area contributed by atoms with Crippen LogP contribution in [0.25, 0.3) is 5.52 Å². The van der Waals surface area contributed by atoms with Gasteiger partial charge in [-0.05, 0) is 56.0 Å². The van der Waals surface area contributed by atoms with Gasteiger partial charge in [0.15, 0.2) is 0 Å². The third kappa shape index (κ3) is 3.76. The Labute approximate surface area is 203 Å². The van der Waals surface area contributed by atoms with Gasteiger partial charge in [-0.2, -0.15) is 5.10 Å². The first kappa shape index (κ1) is 21.8. The van der Waals surface area contributed by atoms with Crippen molar-refractivity contribution < 1.29 is 14.3 Å². The molecular formula is C26H28N6O3. The van der Waals surface area contributed by atoms with E-state index < -0.39 is 5.97 Å². The summed E-state index contributed by atoms with van der Waals surface area (Å²) in [5.41, 5.74) is 5.74. The number of imidazole rings is 1. The molecule has 9 nitrogen and oxygen atoms in total. The van der Waals surface area contributed by atoms with Crippen LogP contribution < -0.4 is 4.90 Å². The highest BCUT2D eigenvalue weighted by Crippen LogP contribution is 2.38. The van der Waals surface area contributed by atoms with Crippen LogP contribution in [-0.2, 0) is 15.9 Å². The summed E-state index contributed by atoms with van der Waals surface area (Å²) >= 11 is 0. The van der Waals surface area contributed by atoms with Crippen LogP contribution in [0.2, 0.25) is 0 Å². The molecule has 0 N–H and O–H groups in total. The molecule has 9 heteroatoms. The number of rotatable bonds is 4. The summed E-state index contributed by atoms with van der Waals surface area (Å²) in [6.45, 7) is 3.62. The lowest BCUT2D eigenvalue weighted by Crippen LogP contribution is -2.38. The van der Waals surface area contributed by atoms with Crippen LogP contribution in [-0.4, -0.2) is 50.4 Å². The van der Waals surface area contributed by atoms with Gasteiger partial charge in [0.2, 0.25) is 0 Å². The van der Waals surface area contributed by atoms with E-state index in [1.54, 1.807) is 12.3 Å². The summed E-state index contributed by atoms with van der Waals surface area (Å²) < 4.78 is 15.1. The minimum Gasteiger partial charge on any atom is -0.465 e. The number of aryl methyl sites for hydroxylation is 1. The Morgan fingerprint density at radius 3 is 2.86 bits per heavy atom. The fourth-order valence-electron chi connectivity index (χ4n) is 5.23. The number of carbonyl (C=O) groups excluding carboxylic acids is 1. The Balaban J connectivity index is 1.45. The van der Waals surface area contributed by atoms with Crippen LogP contribution >= 0.6 is 0 Å². The number of hydrogen-bond donors (Lipinski definition) is 0. The van der Waals surface area contributed by atoms with E-state index in [4.69, 9.17) is 19.6 Å². The minimum absolute atomic E-state index is 0.0352. The van der Waals surface area contributed by atoms with Gasteiger partial charge in [-0.25, -0.2) is 19.3 Å². The summed E-state index contributed by atoms with van der Waals surface area (Å²) in [7, 11) is 1.37. The van der Waals surface area contributed by atoms with Crippen molar-refractivity contribution in [1.29, 1.82) is 0 Å². The number of ether oxygens (including phenoxy) is 2. The second-order valence-electron chi connectivity index (χ2n) is 9.14. The molecule has 0 bridgehead atoms. The van der Waals surface area contributed by atoms with Crippen molar-refractivity contribution >= 4 is 17.3 Å². The molecule has 6 rings (SSSR count). The molecule has 2 atom stereocenters. The molecule has 0 aliphatic carbocycles. The van der Waals surface area contributed by atoms with Crippen LogP contribution in [0.5, 0.6) is 0 Å². The summed E-state index contributed by atoms with van der Waals surface area (Å²) in [4.78, 5) is 23.7. The number of fused-ring (bicyclic) bond motifs is 2. The van der Waals surface area contributed by atoms with E-state index in [9.17, 15) is 4.79 Å². The average Bonchev–Trinajstić information content (AvgIpc) is 3.54. The fraction of sp³-hybridized carbons (Fsp3) is 0.385. The Morgan fingerprint density at radius 2 is 2.11 bits per heavy atom. The molecule has 0 aromatic carbocycles. The predicted octanol–water partition coefficient (Wildman–Crippen LogP) is 3.87. The number of esters is 1. The SMILES string of the molecule is COC(=O)c1ccc(N2CCc3c(ncn3C3CCCCO3)C2c2cc3c(C)cccn3n2)nc1. The van der Waals surface area contributed by atoms with Crippen LogP contribution in [0.1, 0.15) is 64.5 Å². The number of hydrogen-bond acceptors (Lipinski definition) is 7. The van der Waals surface area contributed by atoms with Crippen molar-refractivity contribution in [3.05, 3.63) is 77.3 Å². The minimum atomic E-state index is -0.399. The molecule has 0 saturated carbocycles. The maximum absolute atomic E-state index is 11.9.